The van der Waals surface area contributed by atoms with Gasteiger partial charge in [-0.3, -0.25) is 4.79 Å². The highest BCUT2D eigenvalue weighted by atomic mass is 32.2. The number of amides is 1. The molecule has 1 aromatic rings. The van der Waals surface area contributed by atoms with E-state index in [4.69, 9.17) is 4.52 Å². The summed E-state index contributed by atoms with van der Waals surface area (Å²) < 4.78 is 5.26. The fraction of sp³-hybridized carbons (Fsp3) is 0.800. The highest BCUT2D eigenvalue weighted by Crippen LogP contribution is 2.27. The highest BCUT2D eigenvalue weighted by Gasteiger charge is 2.30. The van der Waals surface area contributed by atoms with E-state index in [2.05, 4.69) is 37.8 Å². The van der Waals surface area contributed by atoms with Crippen LogP contribution in [0, 0.1) is 5.92 Å². The normalized spacial score (nSPS) is 19.8. The Morgan fingerprint density at radius 2 is 2.14 bits per heavy atom. The predicted octanol–water partition coefficient (Wildman–Crippen LogP) is 2.90. The van der Waals surface area contributed by atoms with Crippen molar-refractivity contribution in [3.8, 4) is 0 Å². The number of rotatable bonds is 6. The predicted molar refractivity (Wildman–Crippen MR) is 84.0 cm³/mol. The van der Waals surface area contributed by atoms with E-state index in [1.54, 1.807) is 11.8 Å². The SMILES string of the molecule is CC(C)Cc1noc(CS[C@@H]2CCCN(C(C)C)C2=O)n1. The molecule has 1 atom stereocenters. The van der Waals surface area contributed by atoms with Crippen LogP contribution in [0.5, 0.6) is 0 Å². The van der Waals surface area contributed by atoms with Gasteiger partial charge in [0.25, 0.3) is 0 Å². The van der Waals surface area contributed by atoms with Crippen LogP contribution in [0.2, 0.25) is 0 Å². The zero-order valence-corrected chi connectivity index (χ0v) is 14.2. The Morgan fingerprint density at radius 3 is 2.81 bits per heavy atom. The largest absolute Gasteiger partial charge is 0.339 e. The molecule has 2 heterocycles. The maximum absolute atomic E-state index is 12.4. The molecule has 0 N–H and O–H groups in total. The maximum atomic E-state index is 12.4. The quantitative estimate of drug-likeness (QED) is 0.808. The van der Waals surface area contributed by atoms with Gasteiger partial charge in [0, 0.05) is 19.0 Å². The molecule has 0 spiro atoms. The van der Waals surface area contributed by atoms with Crippen LogP contribution in [-0.4, -0.2) is 38.8 Å². The Bertz CT molecular complexity index is 473. The lowest BCUT2D eigenvalue weighted by Gasteiger charge is -2.34. The van der Waals surface area contributed by atoms with Gasteiger partial charge < -0.3 is 9.42 Å². The van der Waals surface area contributed by atoms with E-state index in [0.717, 1.165) is 31.6 Å². The Kier molecular flexibility index (Phi) is 5.67. The van der Waals surface area contributed by atoms with E-state index in [0.29, 0.717) is 17.6 Å². The van der Waals surface area contributed by atoms with Crippen molar-refractivity contribution < 1.29 is 9.32 Å². The van der Waals surface area contributed by atoms with Crippen LogP contribution < -0.4 is 0 Å². The van der Waals surface area contributed by atoms with E-state index in [9.17, 15) is 4.79 Å². The Morgan fingerprint density at radius 1 is 1.38 bits per heavy atom. The van der Waals surface area contributed by atoms with Gasteiger partial charge in [-0.15, -0.1) is 11.8 Å². The average molecular weight is 311 g/mol. The topological polar surface area (TPSA) is 59.2 Å². The van der Waals surface area contributed by atoms with Gasteiger partial charge in [-0.25, -0.2) is 0 Å². The zero-order valence-electron chi connectivity index (χ0n) is 13.3. The second-order valence-corrected chi connectivity index (χ2v) is 7.46. The summed E-state index contributed by atoms with van der Waals surface area (Å²) in [5.74, 6) is 2.78. The molecular weight excluding hydrogens is 286 g/mol. The van der Waals surface area contributed by atoms with E-state index < -0.39 is 0 Å². The van der Waals surface area contributed by atoms with Crippen LogP contribution >= 0.6 is 11.8 Å². The number of nitrogens with zero attached hydrogens (tertiary/aromatic N) is 3. The van der Waals surface area contributed by atoms with Gasteiger partial charge in [0.15, 0.2) is 5.82 Å². The van der Waals surface area contributed by atoms with E-state index >= 15 is 0 Å². The van der Waals surface area contributed by atoms with Crippen molar-refractivity contribution >= 4 is 17.7 Å². The van der Waals surface area contributed by atoms with Gasteiger partial charge in [0.05, 0.1) is 11.0 Å². The minimum atomic E-state index is 0.0293. The van der Waals surface area contributed by atoms with Crippen molar-refractivity contribution in [2.75, 3.05) is 6.54 Å². The lowest BCUT2D eigenvalue weighted by molar-refractivity contribution is -0.134. The second-order valence-electron chi connectivity index (χ2n) is 6.27. The van der Waals surface area contributed by atoms with Crippen molar-refractivity contribution in [3.63, 3.8) is 0 Å². The fourth-order valence-electron chi connectivity index (χ4n) is 2.50. The zero-order chi connectivity index (χ0) is 15.4. The summed E-state index contributed by atoms with van der Waals surface area (Å²) >= 11 is 1.62. The lowest BCUT2D eigenvalue weighted by Crippen LogP contribution is -2.46. The van der Waals surface area contributed by atoms with Gasteiger partial charge in [-0.2, -0.15) is 4.98 Å². The summed E-state index contributed by atoms with van der Waals surface area (Å²) in [6, 6.07) is 0.280. The van der Waals surface area contributed by atoms with Crippen LogP contribution in [0.15, 0.2) is 4.52 Å². The van der Waals surface area contributed by atoms with E-state index in [1.807, 2.05) is 4.90 Å². The molecule has 5 nitrogen and oxygen atoms in total. The van der Waals surface area contributed by atoms with Crippen LogP contribution in [0.1, 0.15) is 52.3 Å². The molecule has 0 aliphatic carbocycles. The molecule has 0 aromatic carbocycles. The molecule has 1 aliphatic heterocycles. The summed E-state index contributed by atoms with van der Waals surface area (Å²) in [7, 11) is 0. The van der Waals surface area contributed by atoms with Crippen molar-refractivity contribution in [1.82, 2.24) is 15.0 Å². The summed E-state index contributed by atoms with van der Waals surface area (Å²) in [6.07, 6.45) is 2.85. The van der Waals surface area contributed by atoms with Crippen molar-refractivity contribution in [3.05, 3.63) is 11.7 Å². The number of thioether (sulfide) groups is 1. The minimum Gasteiger partial charge on any atom is -0.339 e. The number of carbonyl (C=O) groups excluding carboxylic acids is 1. The molecule has 0 saturated carbocycles. The molecule has 118 valence electrons. The summed E-state index contributed by atoms with van der Waals surface area (Å²) in [4.78, 5) is 18.7. The summed E-state index contributed by atoms with van der Waals surface area (Å²) in [5, 5.41) is 4.02. The first kappa shape index (κ1) is 16.3. The van der Waals surface area contributed by atoms with Crippen LogP contribution in [0.4, 0.5) is 0 Å². The molecule has 1 aliphatic rings. The highest BCUT2D eigenvalue weighted by molar-refractivity contribution is 7.99. The number of aromatic nitrogens is 2. The van der Waals surface area contributed by atoms with Crippen LogP contribution in [0.3, 0.4) is 0 Å². The Balaban J connectivity index is 1.87. The summed E-state index contributed by atoms with van der Waals surface area (Å²) in [6.45, 7) is 9.28. The number of hydrogen-bond acceptors (Lipinski definition) is 5. The third-order valence-corrected chi connectivity index (χ3v) is 4.81. The molecular formula is C15H25N3O2S. The van der Waals surface area contributed by atoms with Crippen LogP contribution in [-0.2, 0) is 17.0 Å². The van der Waals surface area contributed by atoms with Gasteiger partial charge in [-0.1, -0.05) is 19.0 Å². The third kappa shape index (κ3) is 4.46. The number of likely N-dealkylation sites (tertiary alicyclic amines) is 1. The maximum Gasteiger partial charge on any atom is 0.236 e. The summed E-state index contributed by atoms with van der Waals surface area (Å²) in [5.41, 5.74) is 0. The first-order valence-electron chi connectivity index (χ1n) is 7.71. The Labute approximate surface area is 130 Å². The fourth-order valence-corrected chi connectivity index (χ4v) is 3.57. The van der Waals surface area contributed by atoms with Crippen molar-refractivity contribution in [2.45, 2.75) is 64.0 Å². The second kappa shape index (κ2) is 7.29. The van der Waals surface area contributed by atoms with Gasteiger partial charge in [-0.05, 0) is 32.6 Å². The van der Waals surface area contributed by atoms with E-state index in [-0.39, 0.29) is 17.2 Å². The number of hydrogen-bond donors (Lipinski definition) is 0. The van der Waals surface area contributed by atoms with Gasteiger partial charge >= 0.3 is 0 Å². The van der Waals surface area contributed by atoms with Gasteiger partial charge in [0.1, 0.15) is 0 Å². The lowest BCUT2D eigenvalue weighted by atomic mass is 10.1. The Hall–Kier alpha value is -1.04. The van der Waals surface area contributed by atoms with E-state index in [1.165, 1.54) is 0 Å². The average Bonchev–Trinajstić information content (AvgIpc) is 2.84. The molecule has 1 amide bonds. The molecule has 1 saturated heterocycles. The van der Waals surface area contributed by atoms with Crippen LogP contribution in [0.25, 0.3) is 0 Å². The monoisotopic (exact) mass is 311 g/mol. The minimum absolute atomic E-state index is 0.0293. The van der Waals surface area contributed by atoms with Crippen molar-refractivity contribution in [2.24, 2.45) is 5.92 Å². The number of piperidine rings is 1. The standard InChI is InChI=1S/C15H25N3O2S/c1-10(2)8-13-16-14(20-17-13)9-21-12-6-5-7-18(11(3)4)15(12)19/h10-12H,5-9H2,1-4H3/t12-/m1/s1. The molecule has 0 bridgehead atoms. The molecule has 0 radical (unpaired) electrons. The third-order valence-electron chi connectivity index (χ3n) is 3.56. The molecule has 6 heteroatoms. The molecule has 21 heavy (non-hydrogen) atoms. The first-order valence-corrected chi connectivity index (χ1v) is 8.75. The first-order chi connectivity index (χ1) is 9.97. The molecule has 0 unspecified atom stereocenters. The van der Waals surface area contributed by atoms with Gasteiger partial charge in [0.2, 0.25) is 11.8 Å². The molecule has 1 aromatic heterocycles. The smallest absolute Gasteiger partial charge is 0.236 e. The molecule has 2 rings (SSSR count). The van der Waals surface area contributed by atoms with Crippen molar-refractivity contribution in [1.29, 1.82) is 0 Å². The molecule has 1 fully saturated rings. The number of carbonyl (C=O) groups is 1.